The van der Waals surface area contributed by atoms with Gasteiger partial charge in [0.15, 0.2) is 0 Å². The molecule has 5 nitrogen and oxygen atoms in total. The number of nitrogens with zero attached hydrogens (tertiary/aromatic N) is 3. The minimum Gasteiger partial charge on any atom is -0.318 e. The molecule has 0 saturated heterocycles. The minimum absolute atomic E-state index is 0.280. The van der Waals surface area contributed by atoms with Crippen molar-refractivity contribution in [3.63, 3.8) is 0 Å². The molecule has 0 aliphatic rings. The lowest BCUT2D eigenvalue weighted by atomic mass is 10.1. The van der Waals surface area contributed by atoms with E-state index in [0.717, 1.165) is 22.6 Å². The van der Waals surface area contributed by atoms with Gasteiger partial charge in [-0.2, -0.15) is 5.10 Å². The molecule has 0 fully saturated rings. The van der Waals surface area contributed by atoms with E-state index in [4.69, 9.17) is 0 Å². The first-order valence-corrected chi connectivity index (χ1v) is 8.47. The van der Waals surface area contributed by atoms with Gasteiger partial charge < -0.3 is 4.57 Å². The van der Waals surface area contributed by atoms with Gasteiger partial charge in [0.05, 0.1) is 11.8 Å². The van der Waals surface area contributed by atoms with Crippen LogP contribution in [0.1, 0.15) is 38.4 Å². The van der Waals surface area contributed by atoms with E-state index in [1.807, 2.05) is 6.92 Å². The Hall–Kier alpha value is -3.21. The predicted octanol–water partition coefficient (Wildman–Crippen LogP) is 3.87. The molecular weight excluding hydrogens is 324 g/mol. The van der Waals surface area contributed by atoms with Gasteiger partial charge in [0.2, 0.25) is 0 Å². The van der Waals surface area contributed by atoms with Crippen molar-refractivity contribution in [2.75, 3.05) is 0 Å². The summed E-state index contributed by atoms with van der Waals surface area (Å²) in [6.07, 6.45) is 4.81. The summed E-state index contributed by atoms with van der Waals surface area (Å²) in [6.45, 7) is 8.33. The van der Waals surface area contributed by atoms with Gasteiger partial charge in [0.25, 0.3) is 5.91 Å². The molecule has 26 heavy (non-hydrogen) atoms. The molecule has 132 valence electrons. The van der Waals surface area contributed by atoms with Crippen molar-refractivity contribution in [3.05, 3.63) is 82.4 Å². The first kappa shape index (κ1) is 17.6. The highest BCUT2D eigenvalue weighted by Gasteiger charge is 2.10. The summed E-state index contributed by atoms with van der Waals surface area (Å²) in [6, 6.07) is 11.9. The lowest BCUT2D eigenvalue weighted by molar-refractivity contribution is 0.0955. The lowest BCUT2D eigenvalue weighted by Gasteiger charge is -2.11. The van der Waals surface area contributed by atoms with Crippen molar-refractivity contribution in [2.24, 2.45) is 5.10 Å². The third-order valence-corrected chi connectivity index (χ3v) is 4.51. The Balaban J connectivity index is 1.81. The molecule has 3 aromatic rings. The fourth-order valence-corrected chi connectivity index (χ4v) is 2.90. The molecule has 0 saturated carbocycles. The highest BCUT2D eigenvalue weighted by molar-refractivity contribution is 5.94. The van der Waals surface area contributed by atoms with E-state index in [2.05, 4.69) is 65.1 Å². The van der Waals surface area contributed by atoms with Crippen LogP contribution >= 0.6 is 0 Å². The van der Waals surface area contributed by atoms with Crippen molar-refractivity contribution in [3.8, 4) is 5.69 Å². The summed E-state index contributed by atoms with van der Waals surface area (Å²) in [5, 5.41) is 4.09. The van der Waals surface area contributed by atoms with Crippen LogP contribution < -0.4 is 5.43 Å². The van der Waals surface area contributed by atoms with Crippen LogP contribution in [0.15, 0.2) is 53.9 Å². The van der Waals surface area contributed by atoms with Crippen LogP contribution in [0.3, 0.4) is 0 Å². The molecule has 1 N–H and O–H groups in total. The van der Waals surface area contributed by atoms with Crippen LogP contribution in [0, 0.1) is 27.7 Å². The Morgan fingerprint density at radius 1 is 1.12 bits per heavy atom. The number of aromatic nitrogens is 2. The summed E-state index contributed by atoms with van der Waals surface area (Å²) in [4.78, 5) is 15.9. The number of benzene rings is 1. The maximum atomic E-state index is 12.0. The van der Waals surface area contributed by atoms with Gasteiger partial charge in [0, 0.05) is 35.0 Å². The third-order valence-electron chi connectivity index (χ3n) is 4.51. The van der Waals surface area contributed by atoms with Gasteiger partial charge in [0.1, 0.15) is 0 Å². The number of carbonyl (C=O) groups excluding carboxylic acids is 1. The second kappa shape index (κ2) is 7.35. The van der Waals surface area contributed by atoms with Gasteiger partial charge in [-0.15, -0.1) is 0 Å². The fraction of sp³-hybridized carbons (Fsp3) is 0.190. The van der Waals surface area contributed by atoms with Crippen molar-refractivity contribution in [1.82, 2.24) is 15.0 Å². The van der Waals surface area contributed by atoms with Gasteiger partial charge in [-0.3, -0.25) is 9.78 Å². The summed E-state index contributed by atoms with van der Waals surface area (Å²) < 4.78 is 2.19. The quantitative estimate of drug-likeness (QED) is 0.576. The number of hydrogen-bond acceptors (Lipinski definition) is 3. The first-order valence-electron chi connectivity index (χ1n) is 8.47. The van der Waals surface area contributed by atoms with Gasteiger partial charge in [-0.25, -0.2) is 5.43 Å². The molecule has 0 bridgehead atoms. The fourth-order valence-electron chi connectivity index (χ4n) is 2.90. The molecule has 1 amide bonds. The molecule has 5 heteroatoms. The zero-order valence-corrected chi connectivity index (χ0v) is 15.4. The van der Waals surface area contributed by atoms with Gasteiger partial charge in [-0.05, 0) is 69.2 Å². The molecule has 3 rings (SSSR count). The van der Waals surface area contributed by atoms with E-state index in [9.17, 15) is 4.79 Å². The normalized spacial score (nSPS) is 11.1. The molecule has 0 aliphatic heterocycles. The molecular formula is C21H22N4O. The molecule has 0 spiro atoms. The van der Waals surface area contributed by atoms with Gasteiger partial charge in [-0.1, -0.05) is 6.07 Å². The predicted molar refractivity (Wildman–Crippen MR) is 104 cm³/mol. The number of aryl methyl sites for hydroxylation is 3. The van der Waals surface area contributed by atoms with Gasteiger partial charge >= 0.3 is 0 Å². The maximum absolute atomic E-state index is 12.0. The van der Waals surface area contributed by atoms with Crippen molar-refractivity contribution in [2.45, 2.75) is 27.7 Å². The second-order valence-electron chi connectivity index (χ2n) is 6.37. The Morgan fingerprint density at radius 3 is 2.62 bits per heavy atom. The number of amides is 1. The lowest BCUT2D eigenvalue weighted by Crippen LogP contribution is -2.17. The summed E-state index contributed by atoms with van der Waals surface area (Å²) in [5.41, 5.74) is 9.83. The molecule has 0 aliphatic carbocycles. The summed E-state index contributed by atoms with van der Waals surface area (Å²) in [5.74, 6) is -0.280. The largest absolute Gasteiger partial charge is 0.318 e. The standard InChI is InChI=1S/C21H22N4O/c1-14-7-8-20(10-15(14)2)25-16(3)11-19(17(25)4)13-23-24-21(26)18-6-5-9-22-12-18/h5-13H,1-4H3,(H,24,26). The SMILES string of the molecule is Cc1ccc(-n2c(C)cc(C=NNC(=O)c3cccnc3)c2C)cc1C. The van der Waals surface area contributed by atoms with E-state index >= 15 is 0 Å². The average molecular weight is 346 g/mol. The third kappa shape index (κ3) is 3.57. The van der Waals surface area contributed by atoms with E-state index in [1.165, 1.54) is 17.3 Å². The number of hydrazone groups is 1. The Labute approximate surface area is 153 Å². The minimum atomic E-state index is -0.280. The molecule has 0 radical (unpaired) electrons. The van der Waals surface area contributed by atoms with E-state index in [1.54, 1.807) is 24.5 Å². The second-order valence-corrected chi connectivity index (χ2v) is 6.37. The molecule has 2 heterocycles. The van der Waals surface area contributed by atoms with E-state index in [0.29, 0.717) is 5.56 Å². The van der Waals surface area contributed by atoms with Crippen LogP contribution in [0.25, 0.3) is 5.69 Å². The van der Waals surface area contributed by atoms with E-state index < -0.39 is 0 Å². The first-order chi connectivity index (χ1) is 12.5. The van der Waals surface area contributed by atoms with Crippen LogP contribution in [0.4, 0.5) is 0 Å². The number of rotatable bonds is 4. The average Bonchev–Trinajstić information content (AvgIpc) is 2.92. The number of pyridine rings is 1. The number of carbonyl (C=O) groups is 1. The monoisotopic (exact) mass is 346 g/mol. The van der Waals surface area contributed by atoms with Crippen LogP contribution in [0.5, 0.6) is 0 Å². The molecule has 1 aromatic carbocycles. The Morgan fingerprint density at radius 2 is 1.92 bits per heavy atom. The zero-order valence-electron chi connectivity index (χ0n) is 15.4. The number of hydrogen-bond donors (Lipinski definition) is 1. The topological polar surface area (TPSA) is 59.3 Å². The molecule has 0 atom stereocenters. The number of nitrogens with one attached hydrogen (secondary N) is 1. The Bertz CT molecular complexity index is 971. The maximum Gasteiger partial charge on any atom is 0.272 e. The summed E-state index contributed by atoms with van der Waals surface area (Å²) >= 11 is 0. The highest BCUT2D eigenvalue weighted by Crippen LogP contribution is 2.21. The van der Waals surface area contributed by atoms with Crippen LogP contribution in [0.2, 0.25) is 0 Å². The van der Waals surface area contributed by atoms with Crippen molar-refractivity contribution in [1.29, 1.82) is 0 Å². The molecule has 2 aromatic heterocycles. The van der Waals surface area contributed by atoms with E-state index in [-0.39, 0.29) is 5.91 Å². The van der Waals surface area contributed by atoms with Crippen LogP contribution in [-0.4, -0.2) is 21.7 Å². The summed E-state index contributed by atoms with van der Waals surface area (Å²) in [7, 11) is 0. The van der Waals surface area contributed by atoms with Crippen molar-refractivity contribution < 1.29 is 4.79 Å². The van der Waals surface area contributed by atoms with Crippen LogP contribution in [-0.2, 0) is 0 Å². The highest BCUT2D eigenvalue weighted by atomic mass is 16.2. The smallest absolute Gasteiger partial charge is 0.272 e. The molecule has 0 unspecified atom stereocenters. The Kier molecular flexibility index (Phi) is 4.98. The van der Waals surface area contributed by atoms with Crippen molar-refractivity contribution >= 4 is 12.1 Å². The zero-order chi connectivity index (χ0) is 18.7.